The SMILES string of the molecule is CCOc1cc(C(=O)OC)c(C2CC2)cc1CN1CCC2(CC1)CC(=O)N(c1ccc(C(=O)NCCCN)cc1)C2. The number of nitrogens with one attached hydrogen (secondary N) is 1. The fraction of sp³-hybridized carbons (Fsp3) is 0.531. The minimum atomic E-state index is -0.310. The number of piperidine rings is 1. The standard InChI is InChI=1S/C32H42N4O5/c1-3-41-28-18-27(31(39)40-2)26(22-5-6-22)17-24(28)20-35-15-11-32(12-16-35)19-29(37)36(21-32)25-9-7-23(8-10-25)30(38)34-14-4-13-33/h7-10,17-18,22H,3-6,11-16,19-21,33H2,1-2H3,(H,34,38). The van der Waals surface area contributed by atoms with E-state index in [2.05, 4.69) is 16.3 Å². The van der Waals surface area contributed by atoms with Gasteiger partial charge in [-0.2, -0.15) is 0 Å². The van der Waals surface area contributed by atoms with Gasteiger partial charge in [0.1, 0.15) is 5.75 Å². The monoisotopic (exact) mass is 562 g/mol. The number of amides is 2. The Morgan fingerprint density at radius 3 is 2.49 bits per heavy atom. The van der Waals surface area contributed by atoms with Crippen molar-refractivity contribution < 1.29 is 23.9 Å². The van der Waals surface area contributed by atoms with Gasteiger partial charge in [0, 0.05) is 42.9 Å². The van der Waals surface area contributed by atoms with E-state index >= 15 is 0 Å². The second kappa shape index (κ2) is 12.6. The Hall–Kier alpha value is -3.43. The van der Waals surface area contributed by atoms with Crippen LogP contribution in [-0.2, 0) is 16.1 Å². The first-order valence-electron chi connectivity index (χ1n) is 14.9. The maximum Gasteiger partial charge on any atom is 0.338 e. The molecule has 5 rings (SSSR count). The summed E-state index contributed by atoms with van der Waals surface area (Å²) in [5.74, 6) is 0.868. The fourth-order valence-corrected chi connectivity index (χ4v) is 6.17. The zero-order valence-electron chi connectivity index (χ0n) is 24.2. The smallest absolute Gasteiger partial charge is 0.338 e. The molecule has 0 bridgehead atoms. The molecule has 2 aliphatic heterocycles. The Morgan fingerprint density at radius 1 is 1.12 bits per heavy atom. The number of nitrogens with zero attached hydrogens (tertiary/aromatic N) is 2. The highest BCUT2D eigenvalue weighted by molar-refractivity contribution is 5.98. The summed E-state index contributed by atoms with van der Waals surface area (Å²) in [5, 5.41) is 2.87. The summed E-state index contributed by atoms with van der Waals surface area (Å²) in [7, 11) is 1.42. The molecule has 3 aliphatic rings. The molecule has 3 fully saturated rings. The molecule has 41 heavy (non-hydrogen) atoms. The summed E-state index contributed by atoms with van der Waals surface area (Å²) < 4.78 is 11.0. The van der Waals surface area contributed by atoms with Crippen molar-refractivity contribution in [2.75, 3.05) is 51.3 Å². The summed E-state index contributed by atoms with van der Waals surface area (Å²) >= 11 is 0. The van der Waals surface area contributed by atoms with E-state index in [4.69, 9.17) is 15.2 Å². The van der Waals surface area contributed by atoms with Gasteiger partial charge in [-0.05, 0) is 112 Å². The topological polar surface area (TPSA) is 114 Å². The molecule has 2 aromatic carbocycles. The zero-order valence-corrected chi connectivity index (χ0v) is 24.2. The van der Waals surface area contributed by atoms with E-state index in [1.165, 1.54) is 7.11 Å². The van der Waals surface area contributed by atoms with Crippen LogP contribution in [0.5, 0.6) is 5.75 Å². The first-order chi connectivity index (χ1) is 19.9. The van der Waals surface area contributed by atoms with Gasteiger partial charge in [0.25, 0.3) is 5.91 Å². The molecule has 0 atom stereocenters. The molecule has 2 aromatic rings. The van der Waals surface area contributed by atoms with Crippen LogP contribution < -0.4 is 20.7 Å². The van der Waals surface area contributed by atoms with Crippen LogP contribution in [0, 0.1) is 5.41 Å². The van der Waals surface area contributed by atoms with Crippen LogP contribution in [0.4, 0.5) is 5.69 Å². The first-order valence-corrected chi connectivity index (χ1v) is 14.9. The maximum atomic E-state index is 13.1. The predicted molar refractivity (Wildman–Crippen MR) is 157 cm³/mol. The van der Waals surface area contributed by atoms with Gasteiger partial charge in [-0.15, -0.1) is 0 Å². The van der Waals surface area contributed by atoms with E-state index in [-0.39, 0.29) is 23.2 Å². The first kappa shape index (κ1) is 29.1. The number of rotatable bonds is 11. The third-order valence-corrected chi connectivity index (χ3v) is 8.69. The number of carbonyl (C=O) groups excluding carboxylic acids is 3. The number of likely N-dealkylation sites (tertiary alicyclic amines) is 1. The maximum absolute atomic E-state index is 13.1. The van der Waals surface area contributed by atoms with Crippen LogP contribution in [0.15, 0.2) is 36.4 Å². The third kappa shape index (κ3) is 6.57. The second-order valence-corrected chi connectivity index (χ2v) is 11.6. The molecule has 2 heterocycles. The molecule has 0 unspecified atom stereocenters. The van der Waals surface area contributed by atoms with Crippen LogP contribution in [-0.4, -0.2) is 69.1 Å². The molecule has 2 amide bonds. The summed E-state index contributed by atoms with van der Waals surface area (Å²) in [6.07, 6.45) is 5.36. The summed E-state index contributed by atoms with van der Waals surface area (Å²) in [6.45, 7) is 6.81. The average molecular weight is 563 g/mol. The van der Waals surface area contributed by atoms with E-state index in [0.29, 0.717) is 49.7 Å². The molecule has 2 saturated heterocycles. The predicted octanol–water partition coefficient (Wildman–Crippen LogP) is 3.85. The number of methoxy groups -OCH3 is 1. The zero-order chi connectivity index (χ0) is 29.0. The van der Waals surface area contributed by atoms with Crippen LogP contribution in [0.2, 0.25) is 0 Å². The fourth-order valence-electron chi connectivity index (χ4n) is 6.17. The lowest BCUT2D eigenvalue weighted by molar-refractivity contribution is -0.118. The number of anilines is 1. The van der Waals surface area contributed by atoms with Crippen LogP contribution in [0.1, 0.15) is 83.2 Å². The Balaban J connectivity index is 1.22. The van der Waals surface area contributed by atoms with Gasteiger partial charge in [0.2, 0.25) is 5.91 Å². The van der Waals surface area contributed by atoms with Crippen molar-refractivity contribution >= 4 is 23.5 Å². The Morgan fingerprint density at radius 2 is 1.85 bits per heavy atom. The van der Waals surface area contributed by atoms with E-state index in [9.17, 15) is 14.4 Å². The van der Waals surface area contributed by atoms with Gasteiger partial charge in [-0.25, -0.2) is 4.79 Å². The van der Waals surface area contributed by atoms with Gasteiger partial charge >= 0.3 is 5.97 Å². The van der Waals surface area contributed by atoms with Crippen LogP contribution in [0.3, 0.4) is 0 Å². The number of ether oxygens (including phenoxy) is 2. The Bertz CT molecular complexity index is 1270. The number of hydrogen-bond donors (Lipinski definition) is 2. The minimum absolute atomic E-state index is 0.0392. The highest BCUT2D eigenvalue weighted by Gasteiger charge is 2.45. The van der Waals surface area contributed by atoms with Crippen molar-refractivity contribution in [1.82, 2.24) is 10.2 Å². The summed E-state index contributed by atoms with van der Waals surface area (Å²) in [6, 6.07) is 11.3. The van der Waals surface area contributed by atoms with E-state index in [1.807, 2.05) is 30.0 Å². The molecule has 9 heteroatoms. The van der Waals surface area contributed by atoms with E-state index < -0.39 is 0 Å². The average Bonchev–Trinajstić information content (AvgIpc) is 3.78. The van der Waals surface area contributed by atoms with Crippen LogP contribution >= 0.6 is 0 Å². The molecule has 3 N–H and O–H groups in total. The normalized spacial score (nSPS) is 18.5. The van der Waals surface area contributed by atoms with E-state index in [0.717, 1.165) is 74.3 Å². The molecular formula is C32H42N4O5. The second-order valence-electron chi connectivity index (χ2n) is 11.6. The lowest BCUT2D eigenvalue weighted by Crippen LogP contribution is -2.41. The molecular weight excluding hydrogens is 520 g/mol. The van der Waals surface area contributed by atoms with Crippen molar-refractivity contribution in [3.63, 3.8) is 0 Å². The minimum Gasteiger partial charge on any atom is -0.494 e. The number of carbonyl (C=O) groups is 3. The molecule has 1 spiro atoms. The van der Waals surface area contributed by atoms with Crippen LogP contribution in [0.25, 0.3) is 0 Å². The van der Waals surface area contributed by atoms with Gasteiger partial charge in [0.15, 0.2) is 0 Å². The highest BCUT2D eigenvalue weighted by Crippen LogP contribution is 2.45. The van der Waals surface area contributed by atoms with Crippen molar-refractivity contribution in [1.29, 1.82) is 0 Å². The third-order valence-electron chi connectivity index (χ3n) is 8.69. The van der Waals surface area contributed by atoms with E-state index in [1.54, 1.807) is 12.1 Å². The quantitative estimate of drug-likeness (QED) is 0.316. The van der Waals surface area contributed by atoms with Gasteiger partial charge in [0.05, 0.1) is 19.3 Å². The molecule has 0 aromatic heterocycles. The summed E-state index contributed by atoms with van der Waals surface area (Å²) in [5.41, 5.74) is 9.67. The molecule has 1 saturated carbocycles. The van der Waals surface area contributed by atoms with Gasteiger partial charge < -0.3 is 25.4 Å². The summed E-state index contributed by atoms with van der Waals surface area (Å²) in [4.78, 5) is 42.2. The van der Waals surface area contributed by atoms with Gasteiger partial charge in [-0.3, -0.25) is 14.5 Å². The van der Waals surface area contributed by atoms with Crippen molar-refractivity contribution in [3.8, 4) is 5.75 Å². The number of esters is 1. The number of nitrogens with two attached hydrogens (primary N) is 1. The van der Waals surface area contributed by atoms with Crippen molar-refractivity contribution in [2.24, 2.45) is 11.1 Å². The van der Waals surface area contributed by atoms with Gasteiger partial charge in [-0.1, -0.05) is 0 Å². The largest absolute Gasteiger partial charge is 0.494 e. The molecule has 0 radical (unpaired) electrons. The molecule has 9 nitrogen and oxygen atoms in total. The van der Waals surface area contributed by atoms with Crippen molar-refractivity contribution in [3.05, 3.63) is 58.7 Å². The lowest BCUT2D eigenvalue weighted by Gasteiger charge is -2.39. The lowest BCUT2D eigenvalue weighted by atomic mass is 9.77. The Kier molecular flexibility index (Phi) is 8.94. The molecule has 1 aliphatic carbocycles. The Labute approximate surface area is 242 Å². The molecule has 220 valence electrons. The highest BCUT2D eigenvalue weighted by atomic mass is 16.5. The number of hydrogen-bond acceptors (Lipinski definition) is 7. The van der Waals surface area contributed by atoms with Crippen molar-refractivity contribution in [2.45, 2.75) is 57.9 Å². The number of benzene rings is 2.